The molecule has 1 aliphatic heterocycles. The number of ether oxygens (including phenoxy) is 3. The lowest BCUT2D eigenvalue weighted by molar-refractivity contribution is 0.0648. The van der Waals surface area contributed by atoms with Crippen LogP contribution in [0.1, 0.15) is 31.2 Å². The van der Waals surface area contributed by atoms with Gasteiger partial charge in [0.15, 0.2) is 11.5 Å². The first-order valence-corrected chi connectivity index (χ1v) is 9.58. The van der Waals surface area contributed by atoms with E-state index >= 15 is 0 Å². The zero-order valence-corrected chi connectivity index (χ0v) is 15.9. The second kappa shape index (κ2) is 9.12. The summed E-state index contributed by atoms with van der Waals surface area (Å²) in [6, 6.07) is 6.50. The van der Waals surface area contributed by atoms with Crippen LogP contribution in [-0.4, -0.2) is 68.9 Å². The molecule has 3 rings (SSSR count). The predicted molar refractivity (Wildman–Crippen MR) is 100 cm³/mol. The van der Waals surface area contributed by atoms with E-state index in [2.05, 4.69) is 4.90 Å². The second-order valence-electron chi connectivity index (χ2n) is 7.02. The topological polar surface area (TPSA) is 51.2 Å². The van der Waals surface area contributed by atoms with Gasteiger partial charge in [0.1, 0.15) is 0 Å². The van der Waals surface area contributed by atoms with Crippen molar-refractivity contribution in [3.05, 3.63) is 23.8 Å². The molecule has 1 saturated heterocycles. The van der Waals surface area contributed by atoms with Crippen LogP contribution in [0.2, 0.25) is 0 Å². The maximum atomic E-state index is 12.3. The first-order valence-electron chi connectivity index (χ1n) is 9.58. The van der Waals surface area contributed by atoms with Crippen molar-refractivity contribution in [2.45, 2.75) is 38.1 Å². The Kier molecular flexibility index (Phi) is 6.61. The monoisotopic (exact) mass is 362 g/mol. The molecule has 6 nitrogen and oxygen atoms in total. The summed E-state index contributed by atoms with van der Waals surface area (Å²) < 4.78 is 16.0. The molecule has 0 bridgehead atoms. The minimum Gasteiger partial charge on any atom is -0.493 e. The van der Waals surface area contributed by atoms with Crippen LogP contribution < -0.4 is 9.47 Å². The second-order valence-corrected chi connectivity index (χ2v) is 7.02. The normalized spacial score (nSPS) is 18.8. The van der Waals surface area contributed by atoms with Gasteiger partial charge in [0.25, 0.3) is 0 Å². The molecule has 0 radical (unpaired) electrons. The van der Waals surface area contributed by atoms with Crippen LogP contribution in [0, 0.1) is 0 Å². The molecule has 0 N–H and O–H groups in total. The Morgan fingerprint density at radius 3 is 2.38 bits per heavy atom. The minimum atomic E-state index is -0.198. The van der Waals surface area contributed by atoms with Crippen LogP contribution in [0.5, 0.6) is 11.5 Å². The Labute approximate surface area is 156 Å². The van der Waals surface area contributed by atoms with E-state index in [4.69, 9.17) is 14.2 Å². The van der Waals surface area contributed by atoms with Crippen molar-refractivity contribution in [2.24, 2.45) is 0 Å². The van der Waals surface area contributed by atoms with E-state index in [1.165, 1.54) is 25.7 Å². The van der Waals surface area contributed by atoms with Crippen LogP contribution >= 0.6 is 0 Å². The molecule has 2 aliphatic rings. The van der Waals surface area contributed by atoms with Crippen molar-refractivity contribution >= 4 is 6.09 Å². The van der Waals surface area contributed by atoms with Gasteiger partial charge < -0.3 is 19.1 Å². The van der Waals surface area contributed by atoms with Crippen LogP contribution in [0.3, 0.4) is 0 Å². The molecule has 144 valence electrons. The maximum Gasteiger partial charge on any atom is 0.409 e. The van der Waals surface area contributed by atoms with Gasteiger partial charge in [0.2, 0.25) is 0 Å². The van der Waals surface area contributed by atoms with Gasteiger partial charge in [-0.25, -0.2) is 4.79 Å². The molecule has 0 unspecified atom stereocenters. The summed E-state index contributed by atoms with van der Waals surface area (Å²) in [5.74, 6) is 1.40. The number of methoxy groups -OCH3 is 2. The van der Waals surface area contributed by atoms with E-state index in [0.29, 0.717) is 24.5 Å². The fourth-order valence-electron chi connectivity index (χ4n) is 3.92. The van der Waals surface area contributed by atoms with Gasteiger partial charge in [-0.1, -0.05) is 18.9 Å². The van der Waals surface area contributed by atoms with Gasteiger partial charge in [-0.2, -0.15) is 0 Å². The fourth-order valence-corrected chi connectivity index (χ4v) is 3.92. The summed E-state index contributed by atoms with van der Waals surface area (Å²) in [7, 11) is 3.23. The van der Waals surface area contributed by atoms with Gasteiger partial charge in [-0.3, -0.25) is 4.90 Å². The third kappa shape index (κ3) is 4.61. The molecule has 1 amide bonds. The van der Waals surface area contributed by atoms with Crippen molar-refractivity contribution in [3.8, 4) is 11.5 Å². The number of carbonyl (C=O) groups is 1. The lowest BCUT2D eigenvalue weighted by Gasteiger charge is -2.37. The van der Waals surface area contributed by atoms with Crippen LogP contribution in [0.25, 0.3) is 0 Å². The van der Waals surface area contributed by atoms with E-state index < -0.39 is 0 Å². The first kappa shape index (κ1) is 18.8. The lowest BCUT2D eigenvalue weighted by atomic mass is 10.1. The number of nitrogens with zero attached hydrogens (tertiary/aromatic N) is 2. The van der Waals surface area contributed by atoms with Crippen molar-refractivity contribution in [1.29, 1.82) is 0 Å². The summed E-state index contributed by atoms with van der Waals surface area (Å²) in [4.78, 5) is 16.7. The van der Waals surface area contributed by atoms with E-state index in [1.54, 1.807) is 14.2 Å². The summed E-state index contributed by atoms with van der Waals surface area (Å²) in [6.45, 7) is 3.85. The zero-order valence-electron chi connectivity index (χ0n) is 15.9. The molecule has 2 fully saturated rings. The number of piperazine rings is 1. The molecule has 0 spiro atoms. The van der Waals surface area contributed by atoms with E-state index in [1.807, 2.05) is 23.1 Å². The SMILES string of the molecule is COc1ccc(CCOC(=O)N2CCN(C3CCCC3)CC2)cc1OC. The van der Waals surface area contributed by atoms with Gasteiger partial charge >= 0.3 is 6.09 Å². The lowest BCUT2D eigenvalue weighted by Crippen LogP contribution is -2.51. The van der Waals surface area contributed by atoms with Gasteiger partial charge in [-0.05, 0) is 30.5 Å². The van der Waals surface area contributed by atoms with Crippen molar-refractivity contribution in [3.63, 3.8) is 0 Å². The Bertz CT molecular complexity index is 593. The van der Waals surface area contributed by atoms with E-state index in [-0.39, 0.29) is 6.09 Å². The average Bonchev–Trinajstić information content (AvgIpc) is 3.22. The van der Waals surface area contributed by atoms with Gasteiger partial charge in [0, 0.05) is 38.6 Å². The van der Waals surface area contributed by atoms with Crippen molar-refractivity contribution in [1.82, 2.24) is 9.80 Å². The Hall–Kier alpha value is -1.95. The molecule has 1 aromatic carbocycles. The van der Waals surface area contributed by atoms with Crippen LogP contribution in [0.15, 0.2) is 18.2 Å². The van der Waals surface area contributed by atoms with E-state index in [9.17, 15) is 4.79 Å². The summed E-state index contributed by atoms with van der Waals surface area (Å²) in [6.07, 6.45) is 5.79. The third-order valence-corrected chi connectivity index (χ3v) is 5.48. The van der Waals surface area contributed by atoms with Crippen molar-refractivity contribution < 1.29 is 19.0 Å². The Balaban J connectivity index is 1.40. The van der Waals surface area contributed by atoms with Crippen LogP contribution in [0.4, 0.5) is 4.79 Å². The van der Waals surface area contributed by atoms with Gasteiger partial charge in [-0.15, -0.1) is 0 Å². The molecule has 1 aliphatic carbocycles. The molecule has 1 heterocycles. The maximum absolute atomic E-state index is 12.3. The Morgan fingerprint density at radius 1 is 1.04 bits per heavy atom. The highest BCUT2D eigenvalue weighted by molar-refractivity contribution is 5.67. The average molecular weight is 362 g/mol. The van der Waals surface area contributed by atoms with Crippen molar-refractivity contribution in [2.75, 3.05) is 47.0 Å². The Morgan fingerprint density at radius 2 is 1.73 bits per heavy atom. The third-order valence-electron chi connectivity index (χ3n) is 5.48. The highest BCUT2D eigenvalue weighted by Crippen LogP contribution is 2.28. The smallest absolute Gasteiger partial charge is 0.409 e. The number of rotatable bonds is 6. The fraction of sp³-hybridized carbons (Fsp3) is 0.650. The molecule has 0 aromatic heterocycles. The quantitative estimate of drug-likeness (QED) is 0.779. The molecular formula is C20H30N2O4. The number of amides is 1. The summed E-state index contributed by atoms with van der Waals surface area (Å²) >= 11 is 0. The highest BCUT2D eigenvalue weighted by Gasteiger charge is 2.28. The molecule has 26 heavy (non-hydrogen) atoms. The number of hydrogen-bond donors (Lipinski definition) is 0. The highest BCUT2D eigenvalue weighted by atomic mass is 16.6. The molecule has 1 saturated carbocycles. The largest absolute Gasteiger partial charge is 0.493 e. The first-order chi connectivity index (χ1) is 12.7. The molecule has 6 heteroatoms. The summed E-state index contributed by atoms with van der Waals surface area (Å²) in [5, 5.41) is 0. The molecular weight excluding hydrogens is 332 g/mol. The zero-order chi connectivity index (χ0) is 18.4. The predicted octanol–water partition coefficient (Wildman–Crippen LogP) is 2.94. The number of carbonyl (C=O) groups excluding carboxylic acids is 1. The number of benzene rings is 1. The summed E-state index contributed by atoms with van der Waals surface area (Å²) in [5.41, 5.74) is 1.06. The molecule has 1 aromatic rings. The molecule has 0 atom stereocenters. The van der Waals surface area contributed by atoms with Gasteiger partial charge in [0.05, 0.1) is 20.8 Å². The minimum absolute atomic E-state index is 0.198. The number of hydrogen-bond acceptors (Lipinski definition) is 5. The van der Waals surface area contributed by atoms with Crippen LogP contribution in [-0.2, 0) is 11.2 Å². The standard InChI is InChI=1S/C20H30N2O4/c1-24-18-8-7-16(15-19(18)25-2)9-14-26-20(23)22-12-10-21(11-13-22)17-5-3-4-6-17/h7-8,15,17H,3-6,9-14H2,1-2H3. The van der Waals surface area contributed by atoms with E-state index in [0.717, 1.165) is 37.8 Å².